The third-order valence-corrected chi connectivity index (χ3v) is 6.84. The van der Waals surface area contributed by atoms with Gasteiger partial charge in [-0.15, -0.1) is 0 Å². The van der Waals surface area contributed by atoms with Gasteiger partial charge in [0.15, 0.2) is 12.6 Å². The van der Waals surface area contributed by atoms with E-state index in [2.05, 4.69) is 10.0 Å². The summed E-state index contributed by atoms with van der Waals surface area (Å²) in [5, 5.41) is 4.19. The molecule has 0 N–H and O–H groups in total. The lowest BCUT2D eigenvalue weighted by molar-refractivity contribution is -0.165. The predicted molar refractivity (Wildman–Crippen MR) is 148 cm³/mol. The van der Waals surface area contributed by atoms with E-state index in [1.165, 1.54) is 14.0 Å². The first-order valence-corrected chi connectivity index (χ1v) is 13.3. The van der Waals surface area contributed by atoms with E-state index < -0.39 is 42.1 Å². The molecular formula is C29H35N3O9. The number of cyclic esters (lactones) is 1. The molecule has 1 saturated heterocycles. The number of ether oxygens (including phenoxy) is 6. The minimum Gasteiger partial charge on any atom is -0.466 e. The van der Waals surface area contributed by atoms with Crippen LogP contribution in [0.2, 0.25) is 0 Å². The van der Waals surface area contributed by atoms with E-state index in [1.54, 1.807) is 45.1 Å². The number of benzene rings is 1. The highest BCUT2D eigenvalue weighted by atomic mass is 16.8. The number of esters is 2. The first kappa shape index (κ1) is 30.1. The zero-order valence-electron chi connectivity index (χ0n) is 24.0. The van der Waals surface area contributed by atoms with Crippen molar-refractivity contribution in [2.45, 2.75) is 77.8 Å². The number of nitrogens with zero attached hydrogens (tertiary/aromatic N) is 3. The Morgan fingerprint density at radius 3 is 2.71 bits per heavy atom. The van der Waals surface area contributed by atoms with Crippen LogP contribution < -0.4 is 4.74 Å². The average molecular weight is 570 g/mol. The molecule has 0 radical (unpaired) electrons. The zero-order chi connectivity index (χ0) is 29.7. The van der Waals surface area contributed by atoms with Gasteiger partial charge in [0.25, 0.3) is 0 Å². The van der Waals surface area contributed by atoms with Gasteiger partial charge >= 0.3 is 11.9 Å². The quantitative estimate of drug-likeness (QED) is 0.104. The molecule has 1 aromatic heterocycles. The highest BCUT2D eigenvalue weighted by Gasteiger charge is 2.45. The van der Waals surface area contributed by atoms with Gasteiger partial charge in [-0.05, 0) is 44.9 Å². The second-order valence-corrected chi connectivity index (χ2v) is 10.4. The molecule has 5 atom stereocenters. The number of carbonyl (C=O) groups excluding carboxylic acids is 2. The van der Waals surface area contributed by atoms with Gasteiger partial charge in [0, 0.05) is 41.9 Å². The number of methoxy groups -OCH3 is 1. The largest absolute Gasteiger partial charge is 0.466 e. The Hall–Kier alpha value is -3.83. The third kappa shape index (κ3) is 7.09. The standard InChI is InChI=1S/C29H35N3O9/c1-16-10-11-22(38-18(3)33)27-23(40-29(4,5)41-27)9-7-8-20-21-12-19(14-31-32-30)39-24(21)13-25(36-15-35-6)26(20)28(34)37-17(16)2/h7-8,10-13,16-17,22-23,27H,9,14-15H2,1-6H3/b8-7?,11-10-/t16-,17+,22?,23+,27-/m1/s1. The molecule has 0 spiro atoms. The maximum atomic E-state index is 13.7. The van der Waals surface area contributed by atoms with Crippen molar-refractivity contribution in [3.8, 4) is 5.75 Å². The maximum Gasteiger partial charge on any atom is 0.342 e. The Kier molecular flexibility index (Phi) is 9.39. The minimum atomic E-state index is -0.908. The van der Waals surface area contributed by atoms with Crippen LogP contribution in [0.25, 0.3) is 27.5 Å². The van der Waals surface area contributed by atoms with Crippen molar-refractivity contribution in [1.82, 2.24) is 0 Å². The van der Waals surface area contributed by atoms with Crippen LogP contribution in [-0.2, 0) is 35.0 Å². The molecule has 1 unspecified atom stereocenters. The van der Waals surface area contributed by atoms with Gasteiger partial charge in [-0.1, -0.05) is 30.3 Å². The van der Waals surface area contributed by atoms with Crippen molar-refractivity contribution < 1.29 is 42.4 Å². The average Bonchev–Trinajstić information content (AvgIpc) is 3.46. The molecule has 3 heterocycles. The second-order valence-electron chi connectivity index (χ2n) is 10.4. The normalized spacial score (nSPS) is 26.7. The van der Waals surface area contributed by atoms with Crippen LogP contribution in [-0.4, -0.2) is 56.0 Å². The molecule has 2 aromatic rings. The highest BCUT2D eigenvalue weighted by Crippen LogP contribution is 2.38. The van der Waals surface area contributed by atoms with Crippen molar-refractivity contribution >= 4 is 29.0 Å². The van der Waals surface area contributed by atoms with E-state index in [0.717, 1.165) is 0 Å². The summed E-state index contributed by atoms with van der Waals surface area (Å²) >= 11 is 0. The van der Waals surface area contributed by atoms with E-state index in [0.29, 0.717) is 28.7 Å². The van der Waals surface area contributed by atoms with Gasteiger partial charge in [-0.3, -0.25) is 4.79 Å². The maximum absolute atomic E-state index is 13.7. The van der Waals surface area contributed by atoms with Crippen LogP contribution in [0.5, 0.6) is 5.75 Å². The third-order valence-electron chi connectivity index (χ3n) is 6.84. The van der Waals surface area contributed by atoms with Crippen LogP contribution in [0.1, 0.15) is 62.7 Å². The Morgan fingerprint density at radius 1 is 1.22 bits per heavy atom. The Labute approximate surface area is 237 Å². The first-order valence-electron chi connectivity index (χ1n) is 13.3. The van der Waals surface area contributed by atoms with Crippen molar-refractivity contribution in [1.29, 1.82) is 0 Å². The molecule has 0 saturated carbocycles. The Morgan fingerprint density at radius 2 is 2.00 bits per heavy atom. The van der Waals surface area contributed by atoms with Crippen LogP contribution >= 0.6 is 0 Å². The number of azide groups is 1. The molecule has 0 bridgehead atoms. The predicted octanol–water partition coefficient (Wildman–Crippen LogP) is 5.83. The molecule has 220 valence electrons. The van der Waals surface area contributed by atoms with Gasteiger partial charge in [-0.25, -0.2) is 4.79 Å². The van der Waals surface area contributed by atoms with Crippen LogP contribution in [0.15, 0.2) is 39.9 Å². The summed E-state index contributed by atoms with van der Waals surface area (Å²) in [5.41, 5.74) is 9.88. The van der Waals surface area contributed by atoms with E-state index in [-0.39, 0.29) is 30.6 Å². The summed E-state index contributed by atoms with van der Waals surface area (Å²) in [4.78, 5) is 28.5. The fourth-order valence-corrected chi connectivity index (χ4v) is 4.86. The molecule has 1 aromatic carbocycles. The Bertz CT molecular complexity index is 1390. The summed E-state index contributed by atoms with van der Waals surface area (Å²) in [6.45, 7) is 8.50. The van der Waals surface area contributed by atoms with Crippen LogP contribution in [0, 0.1) is 5.92 Å². The van der Waals surface area contributed by atoms with Crippen molar-refractivity contribution in [3.63, 3.8) is 0 Å². The summed E-state index contributed by atoms with van der Waals surface area (Å²) in [5.74, 6) is -1.58. The molecule has 2 aliphatic rings. The number of hydrogen-bond acceptors (Lipinski definition) is 10. The summed E-state index contributed by atoms with van der Waals surface area (Å²) in [7, 11) is 1.47. The zero-order valence-corrected chi connectivity index (χ0v) is 24.0. The number of carbonyl (C=O) groups is 2. The molecule has 4 rings (SSSR count). The topological polar surface area (TPSA) is 151 Å². The van der Waals surface area contributed by atoms with Crippen LogP contribution in [0.4, 0.5) is 0 Å². The SMILES string of the molecule is COCOc1cc2oc(CN=[N+]=[N-])cc2c2c1C(=O)O[C@@H](C)[C@H](C)/C=C\C(OC(C)=O)[C@H]1OC(C)(C)O[C@H]1CC=C2. The number of rotatable bonds is 6. The summed E-state index contributed by atoms with van der Waals surface area (Å²) in [6.07, 6.45) is 5.27. The van der Waals surface area contributed by atoms with Gasteiger partial charge in [0.2, 0.25) is 0 Å². The minimum absolute atomic E-state index is 0.00912. The fraction of sp³-hybridized carbons (Fsp3) is 0.517. The number of fused-ring (bicyclic) bond motifs is 4. The molecule has 0 aliphatic carbocycles. The molecule has 12 nitrogen and oxygen atoms in total. The highest BCUT2D eigenvalue weighted by molar-refractivity contribution is 6.04. The summed E-state index contributed by atoms with van der Waals surface area (Å²) in [6, 6.07) is 3.31. The number of hydrogen-bond donors (Lipinski definition) is 0. The van der Waals surface area contributed by atoms with E-state index in [4.69, 9.17) is 38.4 Å². The van der Waals surface area contributed by atoms with Gasteiger partial charge in [0.1, 0.15) is 41.0 Å². The molecule has 41 heavy (non-hydrogen) atoms. The van der Waals surface area contributed by atoms with Gasteiger partial charge < -0.3 is 32.8 Å². The monoisotopic (exact) mass is 569 g/mol. The number of furan rings is 1. The molecular weight excluding hydrogens is 534 g/mol. The lowest BCUT2D eigenvalue weighted by atomic mass is 9.97. The molecule has 12 heteroatoms. The van der Waals surface area contributed by atoms with E-state index >= 15 is 0 Å². The van der Waals surface area contributed by atoms with Gasteiger partial charge in [0.05, 0.1) is 12.6 Å². The smallest absolute Gasteiger partial charge is 0.342 e. The summed E-state index contributed by atoms with van der Waals surface area (Å²) < 4.78 is 40.7. The fourth-order valence-electron chi connectivity index (χ4n) is 4.86. The van der Waals surface area contributed by atoms with E-state index in [1.807, 2.05) is 19.1 Å². The van der Waals surface area contributed by atoms with Crippen molar-refractivity contribution in [2.75, 3.05) is 13.9 Å². The Balaban J connectivity index is 1.87. The van der Waals surface area contributed by atoms with E-state index in [9.17, 15) is 9.59 Å². The molecule has 0 amide bonds. The molecule has 1 fully saturated rings. The lowest BCUT2D eigenvalue weighted by Crippen LogP contribution is -2.37. The van der Waals surface area contributed by atoms with Gasteiger partial charge in [-0.2, -0.15) is 0 Å². The van der Waals surface area contributed by atoms with Crippen LogP contribution in [0.3, 0.4) is 0 Å². The molecule has 2 aliphatic heterocycles. The van der Waals surface area contributed by atoms with Crippen molar-refractivity contribution in [2.24, 2.45) is 11.0 Å². The lowest BCUT2D eigenvalue weighted by Gasteiger charge is -2.25. The first-order chi connectivity index (χ1) is 19.5. The van der Waals surface area contributed by atoms with Crippen molar-refractivity contribution in [3.05, 3.63) is 57.7 Å². The second kappa shape index (κ2) is 12.8.